The lowest BCUT2D eigenvalue weighted by Gasteiger charge is -2.50. The first-order chi connectivity index (χ1) is 20.0. The number of benzene rings is 1. The Morgan fingerprint density at radius 2 is 1.71 bits per heavy atom. The molecule has 4 amide bonds. The predicted molar refractivity (Wildman–Crippen MR) is 155 cm³/mol. The van der Waals surface area contributed by atoms with Gasteiger partial charge in [-0.1, -0.05) is 46.1 Å². The van der Waals surface area contributed by atoms with E-state index in [0.29, 0.717) is 36.1 Å². The normalized spacial score (nSPS) is 32.0. The van der Waals surface area contributed by atoms with Gasteiger partial charge >= 0.3 is 5.97 Å². The largest absolute Gasteiger partial charge is 0.491 e. The number of amides is 4. The minimum absolute atomic E-state index is 0.0224. The van der Waals surface area contributed by atoms with Crippen LogP contribution in [0.15, 0.2) is 35.9 Å². The van der Waals surface area contributed by atoms with Crippen molar-refractivity contribution >= 4 is 68.7 Å². The molecular formula is C29H31BrCl2N2O8. The summed E-state index contributed by atoms with van der Waals surface area (Å²) in [5.41, 5.74) is 1.20. The maximum atomic E-state index is 13.8. The van der Waals surface area contributed by atoms with Crippen molar-refractivity contribution in [3.63, 3.8) is 0 Å². The summed E-state index contributed by atoms with van der Waals surface area (Å²) in [5, 5.41) is 18.0. The third-order valence-electron chi connectivity index (χ3n) is 8.95. The van der Waals surface area contributed by atoms with Gasteiger partial charge in [-0.2, -0.15) is 0 Å². The Morgan fingerprint density at radius 3 is 2.36 bits per heavy atom. The summed E-state index contributed by atoms with van der Waals surface area (Å²) in [4.78, 5) is 64.0. The number of carbonyl (C=O) groups excluding carboxylic acids is 4. The second kappa shape index (κ2) is 11.9. The number of carboxylic acids is 1. The summed E-state index contributed by atoms with van der Waals surface area (Å²) in [5.74, 6) is -5.18. The smallest absolute Gasteiger partial charge is 0.303 e. The van der Waals surface area contributed by atoms with E-state index in [0.717, 1.165) is 4.90 Å². The van der Waals surface area contributed by atoms with Crippen LogP contribution in [0.4, 0.5) is 0 Å². The van der Waals surface area contributed by atoms with Crippen LogP contribution < -0.4 is 4.74 Å². The lowest BCUT2D eigenvalue weighted by molar-refractivity contribution is -0.141. The molecule has 0 radical (unpaired) electrons. The predicted octanol–water partition coefficient (Wildman–Crippen LogP) is 3.41. The molecule has 2 N–H and O–H groups in total. The van der Waals surface area contributed by atoms with Crippen LogP contribution >= 0.6 is 39.1 Å². The van der Waals surface area contributed by atoms with E-state index in [-0.39, 0.29) is 56.3 Å². The number of carboxylic acid groups (broad SMARTS) is 1. The van der Waals surface area contributed by atoms with Gasteiger partial charge in [-0.3, -0.25) is 33.8 Å². The molecule has 5 rings (SSSR count). The zero-order valence-electron chi connectivity index (χ0n) is 22.6. The van der Waals surface area contributed by atoms with Crippen LogP contribution in [-0.2, 0) is 24.0 Å². The maximum absolute atomic E-state index is 13.8. The average Bonchev–Trinajstić information content (AvgIpc) is 3.29. The molecule has 2 saturated heterocycles. The number of alkyl halides is 3. The zero-order valence-corrected chi connectivity index (χ0v) is 25.7. The lowest BCUT2D eigenvalue weighted by Crippen LogP contribution is -2.60. The number of likely N-dealkylation sites (tertiary alicyclic amines) is 2. The zero-order chi connectivity index (χ0) is 30.4. The molecule has 4 aliphatic rings. The number of ether oxygens (including phenoxy) is 1. The number of aliphatic carboxylic acids is 1. The number of unbranched alkanes of at least 4 members (excludes halogenated alkanes) is 2. The van der Waals surface area contributed by atoms with Gasteiger partial charge in [0.25, 0.3) is 11.8 Å². The number of imide groups is 2. The maximum Gasteiger partial charge on any atom is 0.303 e. The third-order valence-corrected chi connectivity index (χ3v) is 10.9. The van der Waals surface area contributed by atoms with E-state index in [2.05, 4.69) is 15.9 Å². The minimum atomic E-state index is -1.88. The first kappa shape index (κ1) is 31.0. The van der Waals surface area contributed by atoms with Crippen molar-refractivity contribution in [2.75, 3.05) is 25.2 Å². The number of fused-ring (bicyclic) bond motifs is 4. The summed E-state index contributed by atoms with van der Waals surface area (Å²) < 4.78 is 5.49. The van der Waals surface area contributed by atoms with Crippen molar-refractivity contribution in [3.8, 4) is 5.75 Å². The van der Waals surface area contributed by atoms with E-state index in [4.69, 9.17) is 38.2 Å². The van der Waals surface area contributed by atoms with E-state index in [1.54, 1.807) is 24.3 Å². The summed E-state index contributed by atoms with van der Waals surface area (Å²) >= 11 is 17.6. The molecule has 13 heteroatoms. The van der Waals surface area contributed by atoms with Crippen molar-refractivity contribution < 1.29 is 38.9 Å². The van der Waals surface area contributed by atoms with E-state index in [1.807, 2.05) is 6.08 Å². The van der Waals surface area contributed by atoms with Gasteiger partial charge in [0.1, 0.15) is 12.4 Å². The van der Waals surface area contributed by atoms with E-state index in [1.165, 1.54) is 4.90 Å². The Bertz CT molecular complexity index is 1340. The van der Waals surface area contributed by atoms with E-state index in [9.17, 15) is 24.0 Å². The number of aliphatic hydroxyl groups is 1. The number of aliphatic hydroxyl groups excluding tert-OH is 1. The second-order valence-corrected chi connectivity index (χ2v) is 12.9. The summed E-state index contributed by atoms with van der Waals surface area (Å²) in [6, 6.07) is 6.81. The van der Waals surface area contributed by atoms with E-state index >= 15 is 0 Å². The molecule has 2 heterocycles. The van der Waals surface area contributed by atoms with Crippen LogP contribution in [0.3, 0.4) is 0 Å². The summed E-state index contributed by atoms with van der Waals surface area (Å²) in [6.45, 7) is 0.125. The number of halogens is 3. The highest BCUT2D eigenvalue weighted by Crippen LogP contribution is 2.65. The van der Waals surface area contributed by atoms with Crippen LogP contribution in [0.1, 0.15) is 50.0 Å². The molecule has 1 aromatic rings. The van der Waals surface area contributed by atoms with Gasteiger partial charge in [-0.05, 0) is 49.3 Å². The number of nitrogens with zero attached hydrogens (tertiary/aromatic N) is 2. The standard InChI is InChI=1S/C29H31BrCl2N2O8/c30-15-34-26(40)28(31)14-20-18(23(29(28,32)27(34)41)16-5-7-17(8-6-16)42-13-12-35)9-10-19-22(20)25(39)33(24(19)38)11-3-1-2-4-21(36)37/h5-9,19-20,22-23,35H,1-4,10-15H2,(H,36,37)/t19-,20+,22-,23-,28+,29-/m0/s1. The fraction of sp³-hybridized carbons (Fsp3) is 0.552. The summed E-state index contributed by atoms with van der Waals surface area (Å²) in [7, 11) is 0. The van der Waals surface area contributed by atoms with E-state index < -0.39 is 51.2 Å². The molecule has 1 saturated carbocycles. The summed E-state index contributed by atoms with van der Waals surface area (Å²) in [6.07, 6.45) is 3.59. The topological polar surface area (TPSA) is 142 Å². The molecule has 6 atom stereocenters. The highest BCUT2D eigenvalue weighted by Gasteiger charge is 2.76. The molecule has 226 valence electrons. The van der Waals surface area contributed by atoms with Gasteiger partial charge in [0.05, 0.1) is 23.9 Å². The number of hydrogen-bond acceptors (Lipinski definition) is 7. The monoisotopic (exact) mass is 684 g/mol. The van der Waals surface area contributed by atoms with Crippen molar-refractivity contribution in [1.29, 1.82) is 0 Å². The van der Waals surface area contributed by atoms with Gasteiger partial charge in [-0.15, -0.1) is 23.2 Å². The quantitative estimate of drug-likeness (QED) is 0.119. The van der Waals surface area contributed by atoms with Crippen LogP contribution in [0, 0.1) is 17.8 Å². The van der Waals surface area contributed by atoms with Crippen molar-refractivity contribution in [3.05, 3.63) is 41.5 Å². The molecule has 0 spiro atoms. The minimum Gasteiger partial charge on any atom is -0.491 e. The number of carbonyl (C=O) groups is 5. The first-order valence-corrected chi connectivity index (χ1v) is 15.8. The van der Waals surface area contributed by atoms with Crippen molar-refractivity contribution in [2.24, 2.45) is 17.8 Å². The Hall–Kier alpha value is -2.47. The van der Waals surface area contributed by atoms with Crippen LogP contribution in [0.5, 0.6) is 5.75 Å². The number of rotatable bonds is 11. The highest BCUT2D eigenvalue weighted by molar-refractivity contribution is 9.09. The number of allylic oxidation sites excluding steroid dienone is 2. The molecule has 3 fully saturated rings. The Morgan fingerprint density at radius 1 is 1.00 bits per heavy atom. The van der Waals surface area contributed by atoms with Crippen LogP contribution in [-0.4, -0.2) is 84.6 Å². The lowest BCUT2D eigenvalue weighted by atomic mass is 9.56. The molecule has 0 bridgehead atoms. The first-order valence-electron chi connectivity index (χ1n) is 13.9. The molecule has 0 aromatic heterocycles. The highest BCUT2D eigenvalue weighted by atomic mass is 79.9. The average molecular weight is 686 g/mol. The Balaban J connectivity index is 1.51. The van der Waals surface area contributed by atoms with Gasteiger partial charge in [0.15, 0.2) is 9.75 Å². The van der Waals surface area contributed by atoms with Crippen LogP contribution in [0.25, 0.3) is 0 Å². The Labute approximate surface area is 261 Å². The molecule has 2 aliphatic carbocycles. The fourth-order valence-electron chi connectivity index (χ4n) is 7.06. The molecule has 10 nitrogen and oxygen atoms in total. The fourth-order valence-corrected chi connectivity index (χ4v) is 8.48. The van der Waals surface area contributed by atoms with Gasteiger partial charge < -0.3 is 14.9 Å². The Kier molecular flexibility index (Phi) is 8.78. The van der Waals surface area contributed by atoms with Crippen molar-refractivity contribution in [1.82, 2.24) is 9.80 Å². The molecule has 0 unspecified atom stereocenters. The van der Waals surface area contributed by atoms with Crippen LogP contribution in [0.2, 0.25) is 0 Å². The third kappa shape index (κ3) is 4.76. The molecule has 1 aromatic carbocycles. The number of hydrogen-bond donors (Lipinski definition) is 2. The second-order valence-electron chi connectivity index (χ2n) is 11.2. The van der Waals surface area contributed by atoms with Crippen molar-refractivity contribution in [2.45, 2.75) is 54.2 Å². The van der Waals surface area contributed by atoms with Gasteiger partial charge in [0.2, 0.25) is 11.8 Å². The van der Waals surface area contributed by atoms with Gasteiger partial charge in [0, 0.05) is 18.9 Å². The molecular weight excluding hydrogens is 655 g/mol. The molecule has 42 heavy (non-hydrogen) atoms. The molecule has 2 aliphatic heterocycles. The van der Waals surface area contributed by atoms with Gasteiger partial charge in [-0.25, -0.2) is 0 Å². The SMILES string of the molecule is O=C(O)CCCCCN1C(=O)[C@H]2[C@H](CC=C3[C@H]2C[C@@]2(Cl)C(=O)N(CBr)C(=O)[C@@]2(Cl)[C@H]3c2ccc(OCCO)cc2)C1=O.